The SMILES string of the molecule is COC(=O)C(Cc1ccccc1)NC(=O)Cn1nc(-c2ccccc2F)ccc1=O. The van der Waals surface area contributed by atoms with E-state index in [0.29, 0.717) is 0 Å². The van der Waals surface area contributed by atoms with E-state index in [-0.39, 0.29) is 17.7 Å². The van der Waals surface area contributed by atoms with Gasteiger partial charge in [0.25, 0.3) is 5.56 Å². The first-order valence-electron chi connectivity index (χ1n) is 9.22. The molecule has 3 aromatic rings. The number of hydrogen-bond donors (Lipinski definition) is 1. The number of methoxy groups -OCH3 is 1. The molecule has 0 saturated carbocycles. The Kier molecular flexibility index (Phi) is 6.69. The number of carbonyl (C=O) groups excluding carboxylic acids is 2. The molecular weight excluding hydrogens is 389 g/mol. The van der Waals surface area contributed by atoms with Gasteiger partial charge < -0.3 is 10.1 Å². The number of halogens is 1. The molecule has 0 bridgehead atoms. The van der Waals surface area contributed by atoms with E-state index in [1.807, 2.05) is 30.3 Å². The molecule has 1 heterocycles. The van der Waals surface area contributed by atoms with E-state index in [4.69, 9.17) is 4.74 Å². The maximum atomic E-state index is 14.0. The van der Waals surface area contributed by atoms with Gasteiger partial charge >= 0.3 is 5.97 Å². The van der Waals surface area contributed by atoms with Gasteiger partial charge in [0.15, 0.2) is 0 Å². The van der Waals surface area contributed by atoms with Crippen molar-refractivity contribution in [2.45, 2.75) is 19.0 Å². The van der Waals surface area contributed by atoms with Crippen LogP contribution in [0.3, 0.4) is 0 Å². The van der Waals surface area contributed by atoms with Crippen LogP contribution in [0, 0.1) is 5.82 Å². The Balaban J connectivity index is 1.77. The van der Waals surface area contributed by atoms with Gasteiger partial charge in [-0.05, 0) is 23.8 Å². The van der Waals surface area contributed by atoms with Crippen LogP contribution in [0.4, 0.5) is 4.39 Å². The van der Waals surface area contributed by atoms with Crippen LogP contribution < -0.4 is 10.9 Å². The van der Waals surface area contributed by atoms with Crippen LogP contribution in [-0.2, 0) is 27.3 Å². The third-order valence-corrected chi connectivity index (χ3v) is 4.41. The van der Waals surface area contributed by atoms with Crippen LogP contribution in [0.15, 0.2) is 71.5 Å². The zero-order chi connectivity index (χ0) is 21.5. The highest BCUT2D eigenvalue weighted by atomic mass is 19.1. The van der Waals surface area contributed by atoms with Crippen molar-refractivity contribution >= 4 is 11.9 Å². The number of benzene rings is 2. The number of carbonyl (C=O) groups is 2. The fourth-order valence-electron chi connectivity index (χ4n) is 2.94. The van der Waals surface area contributed by atoms with Crippen LogP contribution in [0.1, 0.15) is 5.56 Å². The monoisotopic (exact) mass is 409 g/mol. The van der Waals surface area contributed by atoms with E-state index in [9.17, 15) is 18.8 Å². The number of amides is 1. The zero-order valence-electron chi connectivity index (χ0n) is 16.2. The number of esters is 1. The molecule has 2 aromatic carbocycles. The Morgan fingerprint density at radius 3 is 2.47 bits per heavy atom. The molecule has 1 atom stereocenters. The molecule has 1 N–H and O–H groups in total. The van der Waals surface area contributed by atoms with Crippen molar-refractivity contribution < 1.29 is 18.7 Å². The van der Waals surface area contributed by atoms with Gasteiger partial charge in [0, 0.05) is 18.1 Å². The second-order valence-electron chi connectivity index (χ2n) is 6.53. The van der Waals surface area contributed by atoms with Gasteiger partial charge in [-0.25, -0.2) is 13.9 Å². The van der Waals surface area contributed by atoms with Crippen LogP contribution in [0.2, 0.25) is 0 Å². The summed E-state index contributed by atoms with van der Waals surface area (Å²) in [6.45, 7) is -0.427. The largest absolute Gasteiger partial charge is 0.467 e. The molecule has 1 aromatic heterocycles. The number of aromatic nitrogens is 2. The van der Waals surface area contributed by atoms with Crippen molar-refractivity contribution in [2.24, 2.45) is 0 Å². The Labute approximate surface area is 172 Å². The lowest BCUT2D eigenvalue weighted by Crippen LogP contribution is -2.45. The minimum absolute atomic E-state index is 0.211. The van der Waals surface area contributed by atoms with E-state index in [1.165, 1.54) is 31.4 Å². The zero-order valence-corrected chi connectivity index (χ0v) is 16.2. The topological polar surface area (TPSA) is 90.3 Å². The van der Waals surface area contributed by atoms with Gasteiger partial charge in [0.1, 0.15) is 18.4 Å². The van der Waals surface area contributed by atoms with Crippen molar-refractivity contribution in [1.29, 1.82) is 0 Å². The molecule has 7 nitrogen and oxygen atoms in total. The quantitative estimate of drug-likeness (QED) is 0.603. The minimum Gasteiger partial charge on any atom is -0.467 e. The summed E-state index contributed by atoms with van der Waals surface area (Å²) in [5.41, 5.74) is 0.741. The fraction of sp³-hybridized carbons (Fsp3) is 0.182. The lowest BCUT2D eigenvalue weighted by atomic mass is 10.1. The standard InChI is InChI=1S/C22H20FN3O4/c1-30-22(29)19(13-15-7-3-2-4-8-15)24-20(27)14-26-21(28)12-11-18(25-26)16-9-5-6-10-17(16)23/h2-12,19H,13-14H2,1H3,(H,24,27). The summed E-state index contributed by atoms with van der Waals surface area (Å²) in [6, 6.07) is 16.8. The van der Waals surface area contributed by atoms with E-state index in [2.05, 4.69) is 10.4 Å². The van der Waals surface area contributed by atoms with Crippen molar-refractivity contribution in [3.63, 3.8) is 0 Å². The molecule has 0 fully saturated rings. The Bertz CT molecular complexity index is 1100. The van der Waals surface area contributed by atoms with Gasteiger partial charge in [-0.2, -0.15) is 5.10 Å². The summed E-state index contributed by atoms with van der Waals surface area (Å²) in [5, 5.41) is 6.66. The van der Waals surface area contributed by atoms with E-state index in [0.717, 1.165) is 10.2 Å². The molecule has 30 heavy (non-hydrogen) atoms. The lowest BCUT2D eigenvalue weighted by molar-refractivity contribution is -0.145. The second-order valence-corrected chi connectivity index (χ2v) is 6.53. The second kappa shape index (κ2) is 9.60. The normalized spacial score (nSPS) is 11.5. The van der Waals surface area contributed by atoms with Crippen molar-refractivity contribution in [1.82, 2.24) is 15.1 Å². The Hall–Kier alpha value is -3.81. The molecule has 0 aliphatic carbocycles. The smallest absolute Gasteiger partial charge is 0.328 e. The number of hydrogen-bond acceptors (Lipinski definition) is 5. The van der Waals surface area contributed by atoms with E-state index in [1.54, 1.807) is 12.1 Å². The highest BCUT2D eigenvalue weighted by Crippen LogP contribution is 2.18. The van der Waals surface area contributed by atoms with E-state index < -0.39 is 35.8 Å². The first-order valence-corrected chi connectivity index (χ1v) is 9.22. The van der Waals surface area contributed by atoms with Crippen LogP contribution in [0.5, 0.6) is 0 Å². The molecule has 0 saturated heterocycles. The maximum absolute atomic E-state index is 14.0. The summed E-state index contributed by atoms with van der Waals surface area (Å²) in [6.07, 6.45) is 0.233. The first kappa shape index (κ1) is 20.9. The molecule has 8 heteroatoms. The predicted octanol–water partition coefficient (Wildman–Crippen LogP) is 1.95. The molecule has 154 valence electrons. The van der Waals surface area contributed by atoms with Crippen molar-refractivity contribution in [3.8, 4) is 11.3 Å². The Morgan fingerprint density at radius 1 is 1.07 bits per heavy atom. The van der Waals surface area contributed by atoms with Crippen LogP contribution >= 0.6 is 0 Å². The van der Waals surface area contributed by atoms with Gasteiger partial charge in [0.2, 0.25) is 5.91 Å². The summed E-state index contributed by atoms with van der Waals surface area (Å²) in [5.74, 6) is -1.69. The molecular formula is C22H20FN3O4. The summed E-state index contributed by atoms with van der Waals surface area (Å²) in [7, 11) is 1.23. The summed E-state index contributed by atoms with van der Waals surface area (Å²) in [4.78, 5) is 36.7. The number of ether oxygens (including phenoxy) is 1. The fourth-order valence-corrected chi connectivity index (χ4v) is 2.94. The van der Waals surface area contributed by atoms with Gasteiger partial charge in [-0.1, -0.05) is 42.5 Å². The molecule has 3 rings (SSSR count). The van der Waals surface area contributed by atoms with Crippen LogP contribution in [-0.4, -0.2) is 34.8 Å². The van der Waals surface area contributed by atoms with Gasteiger partial charge in [-0.3, -0.25) is 9.59 Å². The summed E-state index contributed by atoms with van der Waals surface area (Å²) >= 11 is 0. The summed E-state index contributed by atoms with van der Waals surface area (Å²) < 4.78 is 19.7. The molecule has 0 spiro atoms. The lowest BCUT2D eigenvalue weighted by Gasteiger charge is -2.17. The molecule has 0 aliphatic heterocycles. The van der Waals surface area contributed by atoms with Crippen LogP contribution in [0.25, 0.3) is 11.3 Å². The third-order valence-electron chi connectivity index (χ3n) is 4.41. The minimum atomic E-state index is -0.921. The average Bonchev–Trinajstić information content (AvgIpc) is 2.75. The number of rotatable bonds is 7. The van der Waals surface area contributed by atoms with Gasteiger partial charge in [0.05, 0.1) is 12.8 Å². The third kappa shape index (κ3) is 5.16. The molecule has 0 aliphatic rings. The predicted molar refractivity (Wildman–Crippen MR) is 108 cm³/mol. The molecule has 1 amide bonds. The highest BCUT2D eigenvalue weighted by Gasteiger charge is 2.22. The average molecular weight is 409 g/mol. The van der Waals surface area contributed by atoms with Crippen molar-refractivity contribution in [2.75, 3.05) is 7.11 Å². The number of nitrogens with one attached hydrogen (secondary N) is 1. The Morgan fingerprint density at radius 2 is 1.77 bits per heavy atom. The van der Waals surface area contributed by atoms with Gasteiger partial charge in [-0.15, -0.1) is 0 Å². The van der Waals surface area contributed by atoms with E-state index >= 15 is 0 Å². The maximum Gasteiger partial charge on any atom is 0.328 e. The molecule has 0 radical (unpaired) electrons. The highest BCUT2D eigenvalue weighted by molar-refractivity contribution is 5.84. The first-order chi connectivity index (χ1) is 14.5. The van der Waals surface area contributed by atoms with Crippen molar-refractivity contribution in [3.05, 3.63) is 88.5 Å². The molecule has 1 unspecified atom stereocenters. The number of nitrogens with zero attached hydrogens (tertiary/aromatic N) is 2.